The minimum absolute atomic E-state index is 0.0995. The Balaban J connectivity index is 2.23. The van der Waals surface area contributed by atoms with Crippen molar-refractivity contribution in [2.45, 2.75) is 24.4 Å². The van der Waals surface area contributed by atoms with Crippen molar-refractivity contribution in [1.29, 1.82) is 0 Å². The summed E-state index contributed by atoms with van der Waals surface area (Å²) in [6, 6.07) is 7.22. The molecule has 1 aromatic rings. The Labute approximate surface area is 139 Å². The van der Waals surface area contributed by atoms with E-state index in [1.807, 2.05) is 18.2 Å². The molecule has 23 heavy (non-hydrogen) atoms. The average Bonchev–Trinajstić information content (AvgIpc) is 2.56. The summed E-state index contributed by atoms with van der Waals surface area (Å²) in [5.41, 5.74) is -0.0697. The fourth-order valence-electron chi connectivity index (χ4n) is 2.81. The zero-order chi connectivity index (χ0) is 16.9. The molecule has 1 atom stereocenters. The Kier molecular flexibility index (Phi) is 5.98. The van der Waals surface area contributed by atoms with Crippen molar-refractivity contribution in [1.82, 2.24) is 5.32 Å². The number of carboxylic acid groups (broad SMARTS) is 1. The van der Waals surface area contributed by atoms with E-state index in [0.717, 1.165) is 5.56 Å². The van der Waals surface area contributed by atoms with E-state index >= 15 is 0 Å². The maximum atomic E-state index is 12.8. The van der Waals surface area contributed by atoms with Crippen LogP contribution in [0.15, 0.2) is 24.3 Å². The Morgan fingerprint density at radius 3 is 2.61 bits per heavy atom. The van der Waals surface area contributed by atoms with Crippen LogP contribution >= 0.6 is 11.6 Å². The van der Waals surface area contributed by atoms with Crippen LogP contribution < -0.4 is 5.32 Å². The van der Waals surface area contributed by atoms with Crippen LogP contribution in [0.25, 0.3) is 0 Å². The number of benzene rings is 1. The van der Waals surface area contributed by atoms with Gasteiger partial charge in [0.25, 0.3) is 0 Å². The predicted octanol–water partition coefficient (Wildman–Crippen LogP) is 1.60. The monoisotopic (exact) mass is 341 g/mol. The van der Waals surface area contributed by atoms with Gasteiger partial charge in [-0.05, 0) is 24.5 Å². The van der Waals surface area contributed by atoms with E-state index in [4.69, 9.17) is 26.2 Å². The summed E-state index contributed by atoms with van der Waals surface area (Å²) in [6.45, 7) is 0.800. The Morgan fingerprint density at radius 2 is 2.04 bits per heavy atom. The normalized spacial score (nSPS) is 18.2. The molecular formula is C16H20ClNO5. The minimum Gasteiger partial charge on any atom is -0.479 e. The molecule has 0 radical (unpaired) electrons. The lowest BCUT2D eigenvalue weighted by atomic mass is 9.73. The van der Waals surface area contributed by atoms with Gasteiger partial charge in [0, 0.05) is 25.3 Å². The van der Waals surface area contributed by atoms with Gasteiger partial charge in [0.1, 0.15) is 0 Å². The number of hydrogen-bond acceptors (Lipinski definition) is 4. The van der Waals surface area contributed by atoms with Crippen molar-refractivity contribution >= 4 is 23.5 Å². The zero-order valence-electron chi connectivity index (χ0n) is 12.9. The largest absolute Gasteiger partial charge is 0.479 e. The van der Waals surface area contributed by atoms with Gasteiger partial charge in [-0.15, -0.1) is 0 Å². The summed E-state index contributed by atoms with van der Waals surface area (Å²) in [5, 5.41) is 12.2. The van der Waals surface area contributed by atoms with Crippen LogP contribution in [0.1, 0.15) is 18.4 Å². The third-order valence-corrected chi connectivity index (χ3v) is 4.51. The van der Waals surface area contributed by atoms with Crippen molar-refractivity contribution in [3.8, 4) is 0 Å². The smallest absolute Gasteiger partial charge is 0.334 e. The number of halogens is 1. The quantitative estimate of drug-likeness (QED) is 0.821. The highest BCUT2D eigenvalue weighted by atomic mass is 35.5. The first-order chi connectivity index (χ1) is 11.0. The SMILES string of the molecule is COC(CNC(=O)C1(c2ccccc2Cl)CCOCC1)C(=O)O. The van der Waals surface area contributed by atoms with Gasteiger partial charge in [0.2, 0.25) is 5.91 Å². The first kappa shape index (κ1) is 17.7. The van der Waals surface area contributed by atoms with Crippen LogP contribution in [0.5, 0.6) is 0 Å². The van der Waals surface area contributed by atoms with Crippen LogP contribution in [-0.2, 0) is 24.5 Å². The highest BCUT2D eigenvalue weighted by molar-refractivity contribution is 6.31. The first-order valence-electron chi connectivity index (χ1n) is 7.38. The summed E-state index contributed by atoms with van der Waals surface area (Å²) in [6.07, 6.45) is -0.0947. The minimum atomic E-state index is -1.12. The molecule has 7 heteroatoms. The van der Waals surface area contributed by atoms with Gasteiger partial charge >= 0.3 is 5.97 Å². The maximum Gasteiger partial charge on any atom is 0.334 e. The molecule has 1 aromatic carbocycles. The molecule has 2 rings (SSSR count). The summed E-state index contributed by atoms with van der Waals surface area (Å²) in [5.74, 6) is -1.37. The number of carbonyl (C=O) groups is 2. The molecule has 0 aromatic heterocycles. The van der Waals surface area contributed by atoms with Crippen LogP contribution in [0, 0.1) is 0 Å². The number of ether oxygens (including phenoxy) is 2. The first-order valence-corrected chi connectivity index (χ1v) is 7.76. The number of aliphatic carboxylic acids is 1. The number of carboxylic acids is 1. The van der Waals surface area contributed by atoms with E-state index < -0.39 is 17.5 Å². The molecule has 1 saturated heterocycles. The van der Waals surface area contributed by atoms with Gasteiger partial charge in [-0.25, -0.2) is 4.79 Å². The molecule has 2 N–H and O–H groups in total. The third-order valence-electron chi connectivity index (χ3n) is 4.18. The van der Waals surface area contributed by atoms with Gasteiger partial charge < -0.3 is 19.9 Å². The number of nitrogens with one attached hydrogen (secondary N) is 1. The van der Waals surface area contributed by atoms with E-state index in [-0.39, 0.29) is 12.5 Å². The molecule has 1 unspecified atom stereocenters. The molecule has 0 bridgehead atoms. The van der Waals surface area contributed by atoms with Gasteiger partial charge in [0.15, 0.2) is 6.10 Å². The van der Waals surface area contributed by atoms with Crippen molar-refractivity contribution in [3.63, 3.8) is 0 Å². The lowest BCUT2D eigenvalue weighted by Gasteiger charge is -2.37. The molecule has 0 saturated carbocycles. The highest BCUT2D eigenvalue weighted by Crippen LogP contribution is 2.38. The van der Waals surface area contributed by atoms with E-state index in [0.29, 0.717) is 31.1 Å². The molecule has 1 aliphatic rings. The van der Waals surface area contributed by atoms with Crippen LogP contribution in [0.2, 0.25) is 5.02 Å². The van der Waals surface area contributed by atoms with Gasteiger partial charge in [-0.3, -0.25) is 4.79 Å². The maximum absolute atomic E-state index is 12.8. The predicted molar refractivity (Wildman–Crippen MR) is 84.6 cm³/mol. The van der Waals surface area contributed by atoms with Crippen molar-refractivity contribution in [3.05, 3.63) is 34.9 Å². The second-order valence-corrected chi connectivity index (χ2v) is 5.85. The second kappa shape index (κ2) is 7.77. The molecule has 1 heterocycles. The van der Waals surface area contributed by atoms with E-state index in [1.54, 1.807) is 6.07 Å². The van der Waals surface area contributed by atoms with Crippen molar-refractivity contribution in [2.75, 3.05) is 26.9 Å². The average molecular weight is 342 g/mol. The lowest BCUT2D eigenvalue weighted by Crippen LogP contribution is -2.50. The van der Waals surface area contributed by atoms with Gasteiger partial charge in [-0.2, -0.15) is 0 Å². The molecule has 126 valence electrons. The Morgan fingerprint density at radius 1 is 1.39 bits per heavy atom. The Bertz CT molecular complexity index is 571. The van der Waals surface area contributed by atoms with Gasteiger partial charge in [-0.1, -0.05) is 29.8 Å². The molecule has 6 nitrogen and oxygen atoms in total. The molecule has 1 fully saturated rings. The fourth-order valence-corrected chi connectivity index (χ4v) is 3.13. The summed E-state index contributed by atoms with van der Waals surface area (Å²) in [7, 11) is 1.29. The van der Waals surface area contributed by atoms with Crippen molar-refractivity contribution in [2.24, 2.45) is 0 Å². The number of rotatable bonds is 6. The molecule has 1 aliphatic heterocycles. The lowest BCUT2D eigenvalue weighted by molar-refractivity contribution is -0.148. The van der Waals surface area contributed by atoms with Crippen LogP contribution in [-0.4, -0.2) is 50.0 Å². The number of methoxy groups -OCH3 is 1. The van der Waals surface area contributed by atoms with Crippen molar-refractivity contribution < 1.29 is 24.2 Å². The highest BCUT2D eigenvalue weighted by Gasteiger charge is 2.43. The Hall–Kier alpha value is -1.63. The molecule has 0 spiro atoms. The number of hydrogen-bond donors (Lipinski definition) is 2. The zero-order valence-corrected chi connectivity index (χ0v) is 13.6. The standard InChI is InChI=1S/C16H20ClNO5/c1-22-13(14(19)20)10-18-15(21)16(6-8-23-9-7-16)11-4-2-3-5-12(11)17/h2-5,13H,6-10H2,1H3,(H,18,21)(H,19,20). The second-order valence-electron chi connectivity index (χ2n) is 5.45. The van der Waals surface area contributed by atoms with E-state index in [1.165, 1.54) is 7.11 Å². The fraction of sp³-hybridized carbons (Fsp3) is 0.500. The summed E-state index contributed by atoms with van der Waals surface area (Å²) < 4.78 is 10.2. The van der Waals surface area contributed by atoms with Crippen LogP contribution in [0.4, 0.5) is 0 Å². The summed E-state index contributed by atoms with van der Waals surface area (Å²) in [4.78, 5) is 23.8. The number of carbonyl (C=O) groups excluding carboxylic acids is 1. The number of amides is 1. The topological polar surface area (TPSA) is 84.9 Å². The summed E-state index contributed by atoms with van der Waals surface area (Å²) >= 11 is 6.29. The van der Waals surface area contributed by atoms with Crippen LogP contribution in [0.3, 0.4) is 0 Å². The van der Waals surface area contributed by atoms with E-state index in [2.05, 4.69) is 5.32 Å². The molecule has 1 amide bonds. The van der Waals surface area contributed by atoms with Gasteiger partial charge in [0.05, 0.1) is 12.0 Å². The third kappa shape index (κ3) is 3.83. The molecular weight excluding hydrogens is 322 g/mol. The molecule has 0 aliphatic carbocycles. The van der Waals surface area contributed by atoms with E-state index in [9.17, 15) is 9.59 Å².